The predicted octanol–water partition coefficient (Wildman–Crippen LogP) is 1.37. The first kappa shape index (κ1) is 15.7. The van der Waals surface area contributed by atoms with Crippen LogP contribution < -0.4 is 0 Å². The molecule has 1 atom stereocenters. The molecule has 0 spiro atoms. The summed E-state index contributed by atoms with van der Waals surface area (Å²) < 4.78 is 38.1. The van der Waals surface area contributed by atoms with Gasteiger partial charge in [-0.2, -0.15) is 4.31 Å². The van der Waals surface area contributed by atoms with E-state index in [0.29, 0.717) is 44.5 Å². The predicted molar refractivity (Wildman–Crippen MR) is 77.1 cm³/mol. The lowest BCUT2D eigenvalue weighted by molar-refractivity contribution is -0.107. The van der Waals surface area contributed by atoms with Crippen molar-refractivity contribution in [3.05, 3.63) is 0 Å². The summed E-state index contributed by atoms with van der Waals surface area (Å²) >= 11 is 3.39. The number of rotatable bonds is 3. The highest BCUT2D eigenvalue weighted by molar-refractivity contribution is 9.09. The molecular formula is C12H22BrNO4S. The van der Waals surface area contributed by atoms with Crippen LogP contribution in [0.15, 0.2) is 0 Å². The van der Waals surface area contributed by atoms with Crippen molar-refractivity contribution in [2.45, 2.75) is 43.6 Å². The van der Waals surface area contributed by atoms with Crippen molar-refractivity contribution in [1.82, 2.24) is 4.31 Å². The van der Waals surface area contributed by atoms with Gasteiger partial charge in [0.25, 0.3) is 0 Å². The molecule has 112 valence electrons. The highest BCUT2D eigenvalue weighted by atomic mass is 79.9. The third-order valence-electron chi connectivity index (χ3n) is 3.57. The summed E-state index contributed by atoms with van der Waals surface area (Å²) in [6.45, 7) is 5.83. The molecule has 0 saturated carbocycles. The Hall–Kier alpha value is 0.310. The maximum absolute atomic E-state index is 12.7. The molecule has 0 bridgehead atoms. The number of ether oxygens (including phenoxy) is 2. The summed E-state index contributed by atoms with van der Waals surface area (Å²) in [5, 5.41) is 0.349. The second-order valence-electron chi connectivity index (χ2n) is 5.80. The highest BCUT2D eigenvalue weighted by Crippen LogP contribution is 2.28. The van der Waals surface area contributed by atoms with Crippen LogP contribution in [0.5, 0.6) is 0 Å². The first-order chi connectivity index (χ1) is 8.85. The van der Waals surface area contributed by atoms with Crippen LogP contribution in [0.4, 0.5) is 0 Å². The van der Waals surface area contributed by atoms with E-state index < -0.39 is 15.6 Å². The van der Waals surface area contributed by atoms with E-state index in [0.717, 1.165) is 0 Å². The SMILES string of the molecule is CC1(C)CN(S(=O)(=O)C2CCOCC2)CC(CBr)O1. The first-order valence-corrected chi connectivity index (χ1v) is 9.28. The molecule has 0 aromatic rings. The molecule has 0 aromatic heterocycles. The minimum absolute atomic E-state index is 0.0848. The van der Waals surface area contributed by atoms with Gasteiger partial charge in [0.15, 0.2) is 0 Å². The molecule has 7 heteroatoms. The smallest absolute Gasteiger partial charge is 0.217 e. The van der Waals surface area contributed by atoms with E-state index in [9.17, 15) is 8.42 Å². The molecule has 2 saturated heterocycles. The number of alkyl halides is 1. The first-order valence-electron chi connectivity index (χ1n) is 6.66. The molecule has 0 aliphatic carbocycles. The molecular weight excluding hydrogens is 334 g/mol. The quantitative estimate of drug-likeness (QED) is 0.717. The maximum atomic E-state index is 12.7. The van der Waals surface area contributed by atoms with Gasteiger partial charge in [-0.15, -0.1) is 0 Å². The summed E-state index contributed by atoms with van der Waals surface area (Å²) in [5.74, 6) is 0. The number of nitrogens with zero attached hydrogens (tertiary/aromatic N) is 1. The van der Waals surface area contributed by atoms with E-state index in [2.05, 4.69) is 15.9 Å². The normalized spacial score (nSPS) is 30.4. The van der Waals surface area contributed by atoms with E-state index in [4.69, 9.17) is 9.47 Å². The molecule has 2 heterocycles. The number of hydrogen-bond donors (Lipinski definition) is 0. The van der Waals surface area contributed by atoms with Gasteiger partial charge in [0, 0.05) is 31.6 Å². The largest absolute Gasteiger partial charge is 0.381 e. The molecule has 1 unspecified atom stereocenters. The maximum Gasteiger partial charge on any atom is 0.217 e. The van der Waals surface area contributed by atoms with Gasteiger partial charge in [-0.3, -0.25) is 0 Å². The molecule has 2 fully saturated rings. The highest BCUT2D eigenvalue weighted by Gasteiger charge is 2.41. The molecule has 0 aromatic carbocycles. The van der Waals surface area contributed by atoms with Crippen molar-refractivity contribution in [2.75, 3.05) is 31.6 Å². The van der Waals surface area contributed by atoms with Gasteiger partial charge in [-0.1, -0.05) is 15.9 Å². The van der Waals surface area contributed by atoms with Gasteiger partial charge >= 0.3 is 0 Å². The molecule has 0 N–H and O–H groups in total. The van der Waals surface area contributed by atoms with Crippen molar-refractivity contribution in [3.63, 3.8) is 0 Å². The van der Waals surface area contributed by atoms with Crippen LogP contribution in [-0.2, 0) is 19.5 Å². The Bertz CT molecular complexity index is 406. The minimum Gasteiger partial charge on any atom is -0.381 e. The second kappa shape index (κ2) is 5.97. The van der Waals surface area contributed by atoms with Crippen LogP contribution >= 0.6 is 15.9 Å². The Morgan fingerprint density at radius 3 is 2.53 bits per heavy atom. The molecule has 19 heavy (non-hydrogen) atoms. The number of morpholine rings is 1. The van der Waals surface area contributed by atoms with Gasteiger partial charge in [0.1, 0.15) is 0 Å². The van der Waals surface area contributed by atoms with E-state index >= 15 is 0 Å². The molecule has 2 aliphatic heterocycles. The zero-order chi connectivity index (χ0) is 14.1. The van der Waals surface area contributed by atoms with Crippen LogP contribution in [0.25, 0.3) is 0 Å². The monoisotopic (exact) mass is 355 g/mol. The fourth-order valence-corrected chi connectivity index (χ4v) is 5.11. The van der Waals surface area contributed by atoms with E-state index in [1.165, 1.54) is 0 Å². The number of sulfonamides is 1. The summed E-state index contributed by atoms with van der Waals surface area (Å²) in [6.07, 6.45) is 1.11. The van der Waals surface area contributed by atoms with Gasteiger partial charge in [-0.05, 0) is 26.7 Å². The van der Waals surface area contributed by atoms with Crippen LogP contribution in [0.3, 0.4) is 0 Å². The standard InChI is InChI=1S/C12H22BrNO4S/c1-12(2)9-14(8-10(7-13)18-12)19(15,16)11-3-5-17-6-4-11/h10-11H,3-9H2,1-2H3. The Balaban J connectivity index is 2.14. The summed E-state index contributed by atoms with van der Waals surface area (Å²) in [6, 6.07) is 0. The molecule has 0 radical (unpaired) electrons. The Labute approximate surface area is 123 Å². The zero-order valence-corrected chi connectivity index (χ0v) is 13.9. The van der Waals surface area contributed by atoms with Gasteiger partial charge in [0.05, 0.1) is 17.0 Å². The Morgan fingerprint density at radius 1 is 1.32 bits per heavy atom. The lowest BCUT2D eigenvalue weighted by atomic mass is 10.1. The van der Waals surface area contributed by atoms with E-state index in [1.807, 2.05) is 13.8 Å². The summed E-state index contributed by atoms with van der Waals surface area (Å²) in [7, 11) is -3.25. The minimum atomic E-state index is -3.25. The third kappa shape index (κ3) is 3.69. The zero-order valence-electron chi connectivity index (χ0n) is 11.5. The topological polar surface area (TPSA) is 55.8 Å². The Kier molecular flexibility index (Phi) is 4.93. The lowest BCUT2D eigenvalue weighted by Gasteiger charge is -2.43. The van der Waals surface area contributed by atoms with Gasteiger partial charge in [0.2, 0.25) is 10.0 Å². The molecule has 2 rings (SSSR count). The van der Waals surface area contributed by atoms with Crippen molar-refractivity contribution in [3.8, 4) is 0 Å². The van der Waals surface area contributed by atoms with Gasteiger partial charge < -0.3 is 9.47 Å². The van der Waals surface area contributed by atoms with Crippen LogP contribution in [0, 0.1) is 0 Å². The van der Waals surface area contributed by atoms with Crippen LogP contribution in [0.1, 0.15) is 26.7 Å². The second-order valence-corrected chi connectivity index (χ2v) is 8.66. The van der Waals surface area contributed by atoms with Gasteiger partial charge in [-0.25, -0.2) is 8.42 Å². The third-order valence-corrected chi connectivity index (χ3v) is 6.61. The van der Waals surface area contributed by atoms with Crippen LogP contribution in [-0.4, -0.2) is 61.3 Å². The summed E-state index contributed by atoms with van der Waals surface area (Å²) in [4.78, 5) is 0. The molecule has 0 amide bonds. The van der Waals surface area contributed by atoms with E-state index in [-0.39, 0.29) is 11.4 Å². The fourth-order valence-electron chi connectivity index (χ4n) is 2.70. The lowest BCUT2D eigenvalue weighted by Crippen LogP contribution is -2.57. The molecule has 2 aliphatic rings. The Morgan fingerprint density at radius 2 is 1.95 bits per heavy atom. The van der Waals surface area contributed by atoms with Crippen molar-refractivity contribution in [2.24, 2.45) is 0 Å². The van der Waals surface area contributed by atoms with Crippen molar-refractivity contribution in [1.29, 1.82) is 0 Å². The van der Waals surface area contributed by atoms with Crippen molar-refractivity contribution >= 4 is 26.0 Å². The molecule has 5 nitrogen and oxygen atoms in total. The van der Waals surface area contributed by atoms with E-state index in [1.54, 1.807) is 4.31 Å². The number of halogens is 1. The summed E-state index contributed by atoms with van der Waals surface area (Å²) in [5.41, 5.74) is -0.436. The fraction of sp³-hybridized carbons (Fsp3) is 1.00. The van der Waals surface area contributed by atoms with Crippen LogP contribution in [0.2, 0.25) is 0 Å². The van der Waals surface area contributed by atoms with Crippen molar-refractivity contribution < 1.29 is 17.9 Å². The number of hydrogen-bond acceptors (Lipinski definition) is 4. The average Bonchev–Trinajstić information content (AvgIpc) is 2.37. The average molecular weight is 356 g/mol.